The molecule has 3 aromatic heterocycles. The number of anilines is 1. The number of halogens is 3. The van der Waals surface area contributed by atoms with E-state index in [0.717, 1.165) is 27.6 Å². The van der Waals surface area contributed by atoms with Crippen molar-refractivity contribution in [3.05, 3.63) is 30.7 Å². The van der Waals surface area contributed by atoms with Crippen molar-refractivity contribution in [2.45, 2.75) is 12.6 Å². The zero-order chi connectivity index (χ0) is 18.3. The van der Waals surface area contributed by atoms with Crippen LogP contribution in [0.2, 0.25) is 0 Å². The number of aromatic amines is 1. The minimum Gasteiger partial charge on any atom is -0.367 e. The second-order valence-electron chi connectivity index (χ2n) is 6.25. The van der Waals surface area contributed by atoms with E-state index in [4.69, 9.17) is 0 Å². The van der Waals surface area contributed by atoms with E-state index in [0.29, 0.717) is 13.1 Å². The second-order valence-corrected chi connectivity index (χ2v) is 6.25. The van der Waals surface area contributed by atoms with E-state index in [-0.39, 0.29) is 13.1 Å². The Kier molecular flexibility index (Phi) is 3.93. The topological polar surface area (TPSA) is 65.1 Å². The molecule has 136 valence electrons. The van der Waals surface area contributed by atoms with Crippen LogP contribution >= 0.6 is 0 Å². The van der Waals surface area contributed by atoms with Gasteiger partial charge in [0.2, 0.25) is 5.91 Å². The summed E-state index contributed by atoms with van der Waals surface area (Å²) >= 11 is 0. The maximum absolute atomic E-state index is 12.4. The average molecular weight is 363 g/mol. The van der Waals surface area contributed by atoms with E-state index in [1.165, 1.54) is 4.90 Å². The lowest BCUT2D eigenvalue weighted by Crippen LogP contribution is -2.49. The van der Waals surface area contributed by atoms with E-state index in [1.54, 1.807) is 12.4 Å². The predicted octanol–water partition coefficient (Wildman–Crippen LogP) is 2.71. The molecule has 0 spiro atoms. The smallest absolute Gasteiger partial charge is 0.367 e. The van der Waals surface area contributed by atoms with E-state index < -0.39 is 18.5 Å². The lowest BCUT2D eigenvalue weighted by Gasteiger charge is -2.36. The third kappa shape index (κ3) is 3.04. The van der Waals surface area contributed by atoms with E-state index >= 15 is 0 Å². The summed E-state index contributed by atoms with van der Waals surface area (Å²) in [5.41, 5.74) is 2.46. The van der Waals surface area contributed by atoms with Crippen LogP contribution in [0.25, 0.3) is 21.9 Å². The number of fused-ring (bicyclic) bond motifs is 3. The molecule has 1 fully saturated rings. The number of hydrogen-bond acceptors (Lipinski definition) is 4. The van der Waals surface area contributed by atoms with Gasteiger partial charge in [0, 0.05) is 55.0 Å². The van der Waals surface area contributed by atoms with Crippen molar-refractivity contribution in [2.24, 2.45) is 0 Å². The van der Waals surface area contributed by atoms with Crippen LogP contribution < -0.4 is 4.90 Å². The highest BCUT2D eigenvalue weighted by molar-refractivity contribution is 6.10. The largest absolute Gasteiger partial charge is 0.397 e. The highest BCUT2D eigenvalue weighted by Gasteiger charge is 2.34. The molecule has 3 aromatic rings. The zero-order valence-corrected chi connectivity index (χ0v) is 13.8. The summed E-state index contributed by atoms with van der Waals surface area (Å²) in [5, 5.41) is 1.90. The fraction of sp³-hybridized carbons (Fsp3) is 0.353. The lowest BCUT2D eigenvalue weighted by atomic mass is 10.1. The van der Waals surface area contributed by atoms with Crippen molar-refractivity contribution in [1.29, 1.82) is 0 Å². The van der Waals surface area contributed by atoms with Gasteiger partial charge in [-0.3, -0.25) is 9.78 Å². The molecule has 1 aliphatic heterocycles. The molecular weight excluding hydrogens is 347 g/mol. The summed E-state index contributed by atoms with van der Waals surface area (Å²) in [7, 11) is 0. The van der Waals surface area contributed by atoms with Gasteiger partial charge in [0.1, 0.15) is 12.1 Å². The molecule has 0 atom stereocenters. The second kappa shape index (κ2) is 6.15. The number of nitrogens with zero attached hydrogens (tertiary/aromatic N) is 4. The van der Waals surface area contributed by atoms with Crippen LogP contribution in [0.3, 0.4) is 0 Å². The Morgan fingerprint density at radius 2 is 1.92 bits per heavy atom. The molecule has 1 aliphatic rings. The number of pyridine rings is 2. The first kappa shape index (κ1) is 16.6. The third-order valence-corrected chi connectivity index (χ3v) is 4.59. The average Bonchev–Trinajstić information content (AvgIpc) is 3.09. The molecule has 4 rings (SSSR count). The summed E-state index contributed by atoms with van der Waals surface area (Å²) < 4.78 is 37.3. The minimum absolute atomic E-state index is 0.264. The quantitative estimate of drug-likeness (QED) is 0.760. The monoisotopic (exact) mass is 363 g/mol. The number of piperazine rings is 1. The summed E-state index contributed by atoms with van der Waals surface area (Å²) in [6.45, 7) is 1.47. The Bertz CT molecular complexity index is 960. The molecule has 1 saturated heterocycles. The van der Waals surface area contributed by atoms with Crippen molar-refractivity contribution < 1.29 is 18.0 Å². The molecule has 1 N–H and O–H groups in total. The molecule has 0 aliphatic carbocycles. The van der Waals surface area contributed by atoms with E-state index in [9.17, 15) is 18.0 Å². The first-order chi connectivity index (χ1) is 12.4. The van der Waals surface area contributed by atoms with Gasteiger partial charge in [0.25, 0.3) is 0 Å². The van der Waals surface area contributed by atoms with Gasteiger partial charge in [-0.15, -0.1) is 0 Å². The molecule has 1 amide bonds. The summed E-state index contributed by atoms with van der Waals surface area (Å²) in [6.07, 6.45) is -0.676. The lowest BCUT2D eigenvalue weighted by molar-refractivity contribution is -0.161. The Morgan fingerprint density at radius 1 is 1.15 bits per heavy atom. The predicted molar refractivity (Wildman–Crippen MR) is 90.9 cm³/mol. The summed E-state index contributed by atoms with van der Waals surface area (Å²) in [6, 6.07) is 3.82. The summed E-state index contributed by atoms with van der Waals surface area (Å²) in [5.74, 6) is -0.867. The molecule has 0 radical (unpaired) electrons. The Hall–Kier alpha value is -2.84. The van der Waals surface area contributed by atoms with Crippen LogP contribution in [0.5, 0.6) is 0 Å². The minimum atomic E-state index is -4.47. The SMILES string of the molecule is O=C(CC(F)(F)F)N1CCN(c2ccnc3cnc4[nH]ccc4c23)CC1. The Balaban J connectivity index is 1.58. The normalized spacial score (nSPS) is 15.8. The highest BCUT2D eigenvalue weighted by Crippen LogP contribution is 2.31. The van der Waals surface area contributed by atoms with Gasteiger partial charge in [-0.1, -0.05) is 0 Å². The standard InChI is InChI=1S/C17H16F3N5O/c18-17(19,20)9-14(26)25-7-5-24(6-8-25)13-2-4-21-12-10-23-16-11(15(12)13)1-3-22-16/h1-4,10H,5-9H2,(H,22,23). The molecule has 26 heavy (non-hydrogen) atoms. The Labute approximate surface area is 146 Å². The first-order valence-electron chi connectivity index (χ1n) is 8.23. The van der Waals surface area contributed by atoms with Gasteiger partial charge < -0.3 is 14.8 Å². The van der Waals surface area contributed by atoms with Crippen molar-refractivity contribution in [3.8, 4) is 0 Å². The molecule has 9 heteroatoms. The molecule has 4 heterocycles. The van der Waals surface area contributed by atoms with Gasteiger partial charge >= 0.3 is 6.18 Å². The van der Waals surface area contributed by atoms with Gasteiger partial charge in [-0.25, -0.2) is 4.98 Å². The van der Waals surface area contributed by atoms with Crippen molar-refractivity contribution in [2.75, 3.05) is 31.1 Å². The number of carbonyl (C=O) groups is 1. The molecule has 0 unspecified atom stereocenters. The Morgan fingerprint density at radius 3 is 2.65 bits per heavy atom. The number of carbonyl (C=O) groups excluding carboxylic acids is 1. The van der Waals surface area contributed by atoms with Gasteiger partial charge in [-0.2, -0.15) is 13.2 Å². The summed E-state index contributed by atoms with van der Waals surface area (Å²) in [4.78, 5) is 26.9. The van der Waals surface area contributed by atoms with Crippen LogP contribution in [0.4, 0.5) is 18.9 Å². The van der Waals surface area contributed by atoms with E-state index in [2.05, 4.69) is 19.9 Å². The highest BCUT2D eigenvalue weighted by atomic mass is 19.4. The fourth-order valence-electron chi connectivity index (χ4n) is 3.38. The van der Waals surface area contributed by atoms with Crippen LogP contribution in [0.1, 0.15) is 6.42 Å². The number of H-pyrrole nitrogens is 1. The van der Waals surface area contributed by atoms with Gasteiger partial charge in [0.05, 0.1) is 11.7 Å². The number of amides is 1. The molecular formula is C17H16F3N5O. The van der Waals surface area contributed by atoms with Gasteiger partial charge in [0.15, 0.2) is 0 Å². The fourth-order valence-corrected chi connectivity index (χ4v) is 3.38. The maximum Gasteiger partial charge on any atom is 0.397 e. The molecule has 0 aromatic carbocycles. The number of nitrogens with one attached hydrogen (secondary N) is 1. The van der Waals surface area contributed by atoms with Crippen LogP contribution in [0.15, 0.2) is 30.7 Å². The van der Waals surface area contributed by atoms with Crippen LogP contribution in [-0.2, 0) is 4.79 Å². The van der Waals surface area contributed by atoms with Crippen molar-refractivity contribution in [1.82, 2.24) is 19.9 Å². The van der Waals surface area contributed by atoms with Crippen LogP contribution in [-0.4, -0.2) is 58.1 Å². The third-order valence-electron chi connectivity index (χ3n) is 4.59. The number of alkyl halides is 3. The molecule has 0 bridgehead atoms. The van der Waals surface area contributed by atoms with Crippen molar-refractivity contribution in [3.63, 3.8) is 0 Å². The zero-order valence-electron chi connectivity index (χ0n) is 13.8. The van der Waals surface area contributed by atoms with E-state index in [1.807, 2.05) is 18.3 Å². The number of rotatable bonds is 2. The molecule has 0 saturated carbocycles. The number of aromatic nitrogens is 3. The first-order valence-corrected chi connectivity index (χ1v) is 8.23. The molecule has 6 nitrogen and oxygen atoms in total. The number of hydrogen-bond donors (Lipinski definition) is 1. The van der Waals surface area contributed by atoms with Crippen LogP contribution in [0, 0.1) is 0 Å². The van der Waals surface area contributed by atoms with Crippen molar-refractivity contribution >= 4 is 33.5 Å². The maximum atomic E-state index is 12.4. The van der Waals surface area contributed by atoms with Gasteiger partial charge in [-0.05, 0) is 12.1 Å².